The van der Waals surface area contributed by atoms with Gasteiger partial charge in [-0.3, -0.25) is 9.69 Å². The molecule has 1 saturated heterocycles. The maximum absolute atomic E-state index is 13.0. The number of H-pyrrole nitrogens is 1. The van der Waals surface area contributed by atoms with E-state index in [1.165, 1.54) is 18.1 Å². The standard InChI is InChI=1S/C18H18N6OS/c1-3-23-13-8-6-5-7-12(13)9-10-14(23)15-16(25)24(4-2)18(26-15)21-17-19-11-20-22-17/h5-11H,3-4H2,1-2H3,(H,19,20,22)/b15-14+,21-18-. The molecule has 1 fully saturated rings. The summed E-state index contributed by atoms with van der Waals surface area (Å²) in [5.74, 6) is 0.357. The SMILES string of the molecule is CCN1C(=O)/C(=C2/C=Cc3ccccc3N2CC)S/C1=N\c1ncn[nH]1. The van der Waals surface area contributed by atoms with Gasteiger partial charge in [0.25, 0.3) is 5.91 Å². The number of hydrogen-bond donors (Lipinski definition) is 1. The fourth-order valence-corrected chi connectivity index (χ4v) is 4.19. The summed E-state index contributed by atoms with van der Waals surface area (Å²) in [6.45, 7) is 5.34. The van der Waals surface area contributed by atoms with Crippen molar-refractivity contribution in [1.29, 1.82) is 0 Å². The van der Waals surface area contributed by atoms with E-state index in [0.29, 0.717) is 22.6 Å². The number of fused-ring (bicyclic) bond motifs is 1. The van der Waals surface area contributed by atoms with Gasteiger partial charge >= 0.3 is 0 Å². The highest BCUT2D eigenvalue weighted by Crippen LogP contribution is 2.39. The van der Waals surface area contributed by atoms with Gasteiger partial charge in [-0.05, 0) is 43.3 Å². The number of carbonyl (C=O) groups is 1. The van der Waals surface area contributed by atoms with Crippen molar-refractivity contribution in [2.45, 2.75) is 13.8 Å². The number of aromatic amines is 1. The van der Waals surface area contributed by atoms with Crippen molar-refractivity contribution in [2.24, 2.45) is 4.99 Å². The Morgan fingerprint density at radius 3 is 2.69 bits per heavy atom. The van der Waals surface area contributed by atoms with Gasteiger partial charge in [0.1, 0.15) is 11.2 Å². The average molecular weight is 366 g/mol. The smallest absolute Gasteiger partial charge is 0.268 e. The van der Waals surface area contributed by atoms with Crippen molar-refractivity contribution in [3.63, 3.8) is 0 Å². The van der Waals surface area contributed by atoms with E-state index in [9.17, 15) is 4.79 Å². The highest BCUT2D eigenvalue weighted by Gasteiger charge is 2.36. The summed E-state index contributed by atoms with van der Waals surface area (Å²) in [6, 6.07) is 8.19. The first-order valence-corrected chi connectivity index (χ1v) is 9.27. The number of nitrogens with zero attached hydrogens (tertiary/aromatic N) is 5. The quantitative estimate of drug-likeness (QED) is 0.845. The van der Waals surface area contributed by atoms with E-state index in [1.807, 2.05) is 25.1 Å². The Hall–Kier alpha value is -2.87. The summed E-state index contributed by atoms with van der Waals surface area (Å²) in [5, 5.41) is 7.13. The first kappa shape index (κ1) is 16.6. The van der Waals surface area contributed by atoms with Crippen LogP contribution in [0.15, 0.2) is 52.3 Å². The van der Waals surface area contributed by atoms with Gasteiger partial charge < -0.3 is 4.90 Å². The van der Waals surface area contributed by atoms with Gasteiger partial charge in [-0.2, -0.15) is 15.1 Å². The van der Waals surface area contributed by atoms with Crippen molar-refractivity contribution in [3.8, 4) is 0 Å². The Bertz CT molecular complexity index is 931. The zero-order valence-electron chi connectivity index (χ0n) is 14.5. The van der Waals surface area contributed by atoms with Gasteiger partial charge in [0.2, 0.25) is 5.95 Å². The molecule has 7 nitrogen and oxygen atoms in total. The number of amidine groups is 1. The number of amides is 1. The fraction of sp³-hybridized carbons (Fsp3) is 0.222. The van der Waals surface area contributed by atoms with Crippen LogP contribution in [0.1, 0.15) is 19.4 Å². The van der Waals surface area contributed by atoms with Gasteiger partial charge in [0.05, 0.1) is 5.70 Å². The predicted molar refractivity (Wildman–Crippen MR) is 104 cm³/mol. The molecule has 0 saturated carbocycles. The van der Waals surface area contributed by atoms with Gasteiger partial charge in [0, 0.05) is 18.8 Å². The van der Waals surface area contributed by atoms with Crippen molar-refractivity contribution in [3.05, 3.63) is 52.8 Å². The Kier molecular flexibility index (Phi) is 4.34. The van der Waals surface area contributed by atoms with Crippen molar-refractivity contribution < 1.29 is 4.79 Å². The summed E-state index contributed by atoms with van der Waals surface area (Å²) < 4.78 is 0. The Balaban J connectivity index is 1.78. The molecule has 132 valence electrons. The van der Waals surface area contributed by atoms with Crippen molar-refractivity contribution >= 4 is 40.5 Å². The molecule has 2 aromatic rings. The lowest BCUT2D eigenvalue weighted by atomic mass is 10.1. The first-order valence-electron chi connectivity index (χ1n) is 8.45. The van der Waals surface area contributed by atoms with Gasteiger partial charge in [-0.15, -0.1) is 0 Å². The second-order valence-electron chi connectivity index (χ2n) is 5.71. The summed E-state index contributed by atoms with van der Waals surface area (Å²) in [4.78, 5) is 26.0. The van der Waals surface area contributed by atoms with Crippen molar-refractivity contribution in [2.75, 3.05) is 18.0 Å². The molecule has 0 unspecified atom stereocenters. The molecule has 2 aliphatic rings. The molecule has 8 heteroatoms. The lowest BCUT2D eigenvalue weighted by Crippen LogP contribution is -2.30. The van der Waals surface area contributed by atoms with E-state index in [0.717, 1.165) is 23.5 Å². The van der Waals surface area contributed by atoms with E-state index in [-0.39, 0.29) is 5.91 Å². The molecule has 1 aromatic heterocycles. The number of nitrogens with one attached hydrogen (secondary N) is 1. The molecule has 0 aliphatic carbocycles. The Morgan fingerprint density at radius 2 is 1.96 bits per heavy atom. The first-order chi connectivity index (χ1) is 12.7. The van der Waals surface area contributed by atoms with Gasteiger partial charge in [-0.25, -0.2) is 5.10 Å². The number of hydrogen-bond acceptors (Lipinski definition) is 6. The maximum atomic E-state index is 13.0. The third kappa shape index (κ3) is 2.72. The Labute approximate surface area is 155 Å². The number of aliphatic imine (C=N–C) groups is 1. The molecular weight excluding hydrogens is 348 g/mol. The number of allylic oxidation sites excluding steroid dienone is 1. The fourth-order valence-electron chi connectivity index (χ4n) is 3.07. The highest BCUT2D eigenvalue weighted by atomic mass is 32.2. The van der Waals surface area contributed by atoms with Gasteiger partial charge in [-0.1, -0.05) is 24.3 Å². The van der Waals surface area contributed by atoms with Crippen LogP contribution in [0.25, 0.3) is 6.08 Å². The van der Waals surface area contributed by atoms with E-state index in [4.69, 9.17) is 0 Å². The predicted octanol–water partition coefficient (Wildman–Crippen LogP) is 3.15. The molecule has 1 N–H and O–H groups in total. The number of thioether (sulfide) groups is 1. The molecule has 26 heavy (non-hydrogen) atoms. The lowest BCUT2D eigenvalue weighted by Gasteiger charge is -2.30. The summed E-state index contributed by atoms with van der Waals surface area (Å²) in [5.41, 5.74) is 3.16. The number of anilines is 1. The number of para-hydroxylation sites is 1. The number of benzene rings is 1. The van der Waals surface area contributed by atoms with Crippen LogP contribution >= 0.6 is 11.8 Å². The van der Waals surface area contributed by atoms with Crippen LogP contribution in [0.4, 0.5) is 11.6 Å². The second kappa shape index (κ2) is 6.80. The van der Waals surface area contributed by atoms with Crippen LogP contribution in [0.3, 0.4) is 0 Å². The molecule has 0 atom stereocenters. The molecule has 1 aromatic carbocycles. The van der Waals surface area contributed by atoms with Crippen molar-refractivity contribution in [1.82, 2.24) is 20.1 Å². The van der Waals surface area contributed by atoms with E-state index < -0.39 is 0 Å². The third-order valence-electron chi connectivity index (χ3n) is 4.27. The molecule has 0 bridgehead atoms. The summed E-state index contributed by atoms with van der Waals surface area (Å²) >= 11 is 1.38. The highest BCUT2D eigenvalue weighted by molar-refractivity contribution is 8.18. The van der Waals surface area contributed by atoms with Crippen LogP contribution in [-0.2, 0) is 4.79 Å². The molecule has 2 aliphatic heterocycles. The topological polar surface area (TPSA) is 77.5 Å². The molecule has 0 radical (unpaired) electrons. The number of rotatable bonds is 3. The minimum Gasteiger partial charge on any atom is -0.340 e. The number of carbonyl (C=O) groups excluding carboxylic acids is 1. The van der Waals surface area contributed by atoms with Gasteiger partial charge in [0.15, 0.2) is 5.17 Å². The zero-order valence-corrected chi connectivity index (χ0v) is 15.3. The average Bonchev–Trinajstić information content (AvgIpc) is 3.28. The molecule has 0 spiro atoms. The molecular formula is C18H18N6OS. The molecule has 1 amide bonds. The normalized spacial score (nSPS) is 21.0. The third-order valence-corrected chi connectivity index (χ3v) is 5.35. The van der Waals surface area contributed by atoms with E-state index >= 15 is 0 Å². The van der Waals surface area contributed by atoms with Crippen LogP contribution in [0, 0.1) is 0 Å². The maximum Gasteiger partial charge on any atom is 0.268 e. The summed E-state index contributed by atoms with van der Waals surface area (Å²) in [7, 11) is 0. The molecule has 3 heterocycles. The summed E-state index contributed by atoms with van der Waals surface area (Å²) in [6.07, 6.45) is 5.47. The van der Waals surface area contributed by atoms with E-state index in [2.05, 4.69) is 50.2 Å². The largest absolute Gasteiger partial charge is 0.340 e. The van der Waals surface area contributed by atoms with Crippen LogP contribution in [0.2, 0.25) is 0 Å². The Morgan fingerprint density at radius 1 is 1.15 bits per heavy atom. The number of likely N-dealkylation sites (N-methyl/N-ethyl adjacent to an activating group) is 2. The minimum atomic E-state index is -0.0340. The van der Waals surface area contributed by atoms with Crippen LogP contribution in [-0.4, -0.2) is 44.2 Å². The van der Waals surface area contributed by atoms with E-state index in [1.54, 1.807) is 4.90 Å². The zero-order chi connectivity index (χ0) is 18.1. The monoisotopic (exact) mass is 366 g/mol. The lowest BCUT2D eigenvalue weighted by molar-refractivity contribution is -0.122. The number of aromatic nitrogens is 3. The molecule has 4 rings (SSSR count). The second-order valence-corrected chi connectivity index (χ2v) is 6.68. The minimum absolute atomic E-state index is 0.0340. The van der Waals surface area contributed by atoms with Crippen LogP contribution < -0.4 is 4.90 Å². The van der Waals surface area contributed by atoms with Crippen LogP contribution in [0.5, 0.6) is 0 Å².